The van der Waals surface area contributed by atoms with Crippen molar-refractivity contribution < 1.29 is 19.8 Å². The van der Waals surface area contributed by atoms with Gasteiger partial charge >= 0.3 is 11.9 Å². The summed E-state index contributed by atoms with van der Waals surface area (Å²) in [6, 6.07) is 0. The molecular formula is C19H36O4. The lowest BCUT2D eigenvalue weighted by molar-refractivity contribution is -0.138. The van der Waals surface area contributed by atoms with Crippen LogP contribution in [0.1, 0.15) is 103 Å². The van der Waals surface area contributed by atoms with E-state index in [-0.39, 0.29) is 0 Å². The maximum atomic E-state index is 10.4. The minimum atomic E-state index is -0.680. The number of unbranched alkanes of at least 4 members (excludes halogenated alkanes) is 9. The Morgan fingerprint density at radius 3 is 1.26 bits per heavy atom. The number of carboxylic acids is 2. The van der Waals surface area contributed by atoms with Crippen LogP contribution in [0.2, 0.25) is 0 Å². The lowest BCUT2D eigenvalue weighted by atomic mass is 9.96. The molecule has 1 atom stereocenters. The third-order valence-electron chi connectivity index (χ3n) is 4.43. The zero-order valence-corrected chi connectivity index (χ0v) is 14.9. The van der Waals surface area contributed by atoms with Gasteiger partial charge in [0.25, 0.3) is 0 Å². The molecule has 0 spiro atoms. The highest BCUT2D eigenvalue weighted by Gasteiger charge is 2.03. The molecule has 0 aliphatic carbocycles. The Morgan fingerprint density at radius 1 is 0.609 bits per heavy atom. The van der Waals surface area contributed by atoms with Crippen LogP contribution in [0.4, 0.5) is 0 Å². The third kappa shape index (κ3) is 18.9. The van der Waals surface area contributed by atoms with E-state index < -0.39 is 11.9 Å². The van der Waals surface area contributed by atoms with Gasteiger partial charge in [-0.05, 0) is 18.8 Å². The Bertz CT molecular complexity index is 302. The molecule has 0 rings (SSSR count). The van der Waals surface area contributed by atoms with Crippen LogP contribution in [0, 0.1) is 5.92 Å². The topological polar surface area (TPSA) is 74.6 Å². The van der Waals surface area contributed by atoms with Gasteiger partial charge in [0.2, 0.25) is 0 Å². The monoisotopic (exact) mass is 328 g/mol. The van der Waals surface area contributed by atoms with Crippen molar-refractivity contribution in [2.75, 3.05) is 0 Å². The van der Waals surface area contributed by atoms with Crippen LogP contribution in [-0.2, 0) is 9.59 Å². The number of hydrogen-bond donors (Lipinski definition) is 2. The molecule has 0 aliphatic heterocycles. The summed E-state index contributed by atoms with van der Waals surface area (Å²) in [6.45, 7) is 2.33. The molecule has 0 bridgehead atoms. The van der Waals surface area contributed by atoms with E-state index in [2.05, 4.69) is 6.92 Å². The molecule has 0 radical (unpaired) electrons. The molecule has 0 fully saturated rings. The Balaban J connectivity index is 3.20. The second-order valence-electron chi connectivity index (χ2n) is 6.86. The highest BCUT2D eigenvalue weighted by atomic mass is 16.4. The van der Waals surface area contributed by atoms with E-state index in [9.17, 15) is 9.59 Å². The van der Waals surface area contributed by atoms with E-state index in [0.717, 1.165) is 44.4 Å². The molecule has 4 nitrogen and oxygen atoms in total. The Morgan fingerprint density at radius 2 is 0.913 bits per heavy atom. The maximum Gasteiger partial charge on any atom is 0.303 e. The quantitative estimate of drug-likeness (QED) is 0.339. The summed E-state index contributed by atoms with van der Waals surface area (Å²) in [6.07, 6.45) is 15.6. The second kappa shape index (κ2) is 15.8. The summed E-state index contributed by atoms with van der Waals surface area (Å²) in [7, 11) is 0. The van der Waals surface area contributed by atoms with Gasteiger partial charge < -0.3 is 10.2 Å². The standard InChI is InChI=1S/C19H36O4/c1-17(14-10-6-4-8-12-16-19(22)23)13-9-5-2-3-7-11-15-18(20)21/h17H,2-16H2,1H3,(H,20,21)(H,22,23). The summed E-state index contributed by atoms with van der Waals surface area (Å²) in [5.41, 5.74) is 0. The van der Waals surface area contributed by atoms with Gasteiger partial charge in [-0.25, -0.2) is 0 Å². The molecule has 1 unspecified atom stereocenters. The fourth-order valence-electron chi connectivity index (χ4n) is 2.92. The minimum absolute atomic E-state index is 0.312. The van der Waals surface area contributed by atoms with Crippen LogP contribution in [0.5, 0.6) is 0 Å². The summed E-state index contributed by atoms with van der Waals surface area (Å²) >= 11 is 0. The van der Waals surface area contributed by atoms with Crippen LogP contribution < -0.4 is 0 Å². The van der Waals surface area contributed by atoms with Crippen LogP contribution in [0.3, 0.4) is 0 Å². The highest BCUT2D eigenvalue weighted by molar-refractivity contribution is 5.66. The first-order chi connectivity index (χ1) is 11.0. The van der Waals surface area contributed by atoms with Crippen molar-refractivity contribution in [1.82, 2.24) is 0 Å². The van der Waals surface area contributed by atoms with Crippen molar-refractivity contribution in [3.8, 4) is 0 Å². The Labute approximate surface area is 141 Å². The summed E-state index contributed by atoms with van der Waals surface area (Å²) in [5.74, 6) is -0.567. The van der Waals surface area contributed by atoms with Gasteiger partial charge in [0.15, 0.2) is 0 Å². The molecule has 0 saturated heterocycles. The van der Waals surface area contributed by atoms with Gasteiger partial charge in [-0.3, -0.25) is 9.59 Å². The van der Waals surface area contributed by atoms with Crippen LogP contribution >= 0.6 is 0 Å². The van der Waals surface area contributed by atoms with Crippen LogP contribution in [0.25, 0.3) is 0 Å². The number of carbonyl (C=O) groups is 2. The van der Waals surface area contributed by atoms with Crippen molar-refractivity contribution in [2.24, 2.45) is 5.92 Å². The molecule has 0 heterocycles. The Hall–Kier alpha value is -1.06. The van der Waals surface area contributed by atoms with Crippen molar-refractivity contribution >= 4 is 11.9 Å². The Kier molecular flexibility index (Phi) is 15.1. The van der Waals surface area contributed by atoms with Gasteiger partial charge in [-0.1, -0.05) is 77.6 Å². The summed E-state index contributed by atoms with van der Waals surface area (Å²) in [5, 5.41) is 17.1. The zero-order chi connectivity index (χ0) is 17.3. The highest BCUT2D eigenvalue weighted by Crippen LogP contribution is 2.18. The molecule has 2 N–H and O–H groups in total. The van der Waals surface area contributed by atoms with E-state index in [4.69, 9.17) is 10.2 Å². The van der Waals surface area contributed by atoms with Crippen molar-refractivity contribution in [1.29, 1.82) is 0 Å². The van der Waals surface area contributed by atoms with Gasteiger partial charge in [0.05, 0.1) is 0 Å². The van der Waals surface area contributed by atoms with E-state index in [1.54, 1.807) is 0 Å². The molecule has 0 saturated carbocycles. The van der Waals surface area contributed by atoms with Crippen LogP contribution in [-0.4, -0.2) is 22.2 Å². The van der Waals surface area contributed by atoms with E-state index >= 15 is 0 Å². The largest absolute Gasteiger partial charge is 0.481 e. The lowest BCUT2D eigenvalue weighted by Crippen LogP contribution is -1.96. The van der Waals surface area contributed by atoms with E-state index in [0.29, 0.717) is 12.8 Å². The third-order valence-corrected chi connectivity index (χ3v) is 4.43. The van der Waals surface area contributed by atoms with Gasteiger partial charge in [-0.2, -0.15) is 0 Å². The molecule has 0 aliphatic rings. The summed E-state index contributed by atoms with van der Waals surface area (Å²) in [4.78, 5) is 20.8. The lowest BCUT2D eigenvalue weighted by Gasteiger charge is -2.11. The fraction of sp³-hybridized carbons (Fsp3) is 0.895. The average Bonchev–Trinajstić information content (AvgIpc) is 2.48. The molecule has 23 heavy (non-hydrogen) atoms. The van der Waals surface area contributed by atoms with E-state index in [1.807, 2.05) is 0 Å². The van der Waals surface area contributed by atoms with Gasteiger partial charge in [0.1, 0.15) is 0 Å². The molecule has 0 aromatic heterocycles. The smallest absolute Gasteiger partial charge is 0.303 e. The molecule has 4 heteroatoms. The predicted octanol–water partition coefficient (Wildman–Crippen LogP) is 5.64. The first kappa shape index (κ1) is 21.9. The number of hydrogen-bond acceptors (Lipinski definition) is 2. The van der Waals surface area contributed by atoms with E-state index in [1.165, 1.54) is 44.9 Å². The molecule has 136 valence electrons. The van der Waals surface area contributed by atoms with Crippen molar-refractivity contribution in [3.63, 3.8) is 0 Å². The van der Waals surface area contributed by atoms with Crippen molar-refractivity contribution in [2.45, 2.75) is 103 Å². The van der Waals surface area contributed by atoms with Gasteiger partial charge in [-0.15, -0.1) is 0 Å². The molecule has 0 aromatic carbocycles. The first-order valence-corrected chi connectivity index (χ1v) is 9.46. The predicted molar refractivity (Wildman–Crippen MR) is 93.7 cm³/mol. The van der Waals surface area contributed by atoms with Crippen LogP contribution in [0.15, 0.2) is 0 Å². The average molecular weight is 328 g/mol. The molecular weight excluding hydrogens is 292 g/mol. The van der Waals surface area contributed by atoms with Crippen molar-refractivity contribution in [3.05, 3.63) is 0 Å². The number of carboxylic acid groups (broad SMARTS) is 2. The number of aliphatic carboxylic acids is 2. The minimum Gasteiger partial charge on any atom is -0.481 e. The first-order valence-electron chi connectivity index (χ1n) is 9.46. The number of rotatable bonds is 17. The molecule has 0 amide bonds. The fourth-order valence-corrected chi connectivity index (χ4v) is 2.92. The van der Waals surface area contributed by atoms with Gasteiger partial charge in [0, 0.05) is 12.8 Å². The SMILES string of the molecule is CC(CCCCCCCCC(=O)O)CCCCCCCC(=O)O. The maximum absolute atomic E-state index is 10.4. The molecule has 0 aromatic rings. The zero-order valence-electron chi connectivity index (χ0n) is 14.9. The normalized spacial score (nSPS) is 12.2. The second-order valence-corrected chi connectivity index (χ2v) is 6.86. The summed E-state index contributed by atoms with van der Waals surface area (Å²) < 4.78 is 0.